The number of carbonyl (C=O) groups excluding carboxylic acids is 1. The Hall–Kier alpha value is -3.43. The van der Waals surface area contributed by atoms with E-state index >= 15 is 0 Å². The van der Waals surface area contributed by atoms with Crippen LogP contribution in [0.3, 0.4) is 0 Å². The van der Waals surface area contributed by atoms with Gasteiger partial charge in [-0.25, -0.2) is 4.39 Å². The quantitative estimate of drug-likeness (QED) is 0.468. The van der Waals surface area contributed by atoms with Gasteiger partial charge in [0.2, 0.25) is 11.7 Å². The van der Waals surface area contributed by atoms with Gasteiger partial charge in [-0.15, -0.1) is 0 Å². The SMILES string of the molecule is O=C(c1cc(F)cc2nccnc12)N1CCN(Cc2nc(-c3ccc(Cl)cc3)no2)CC1. The van der Waals surface area contributed by atoms with Gasteiger partial charge in [0.1, 0.15) is 11.3 Å². The Morgan fingerprint density at radius 1 is 1.06 bits per heavy atom. The van der Waals surface area contributed by atoms with E-state index in [0.29, 0.717) is 60.5 Å². The van der Waals surface area contributed by atoms with E-state index in [1.165, 1.54) is 24.5 Å². The lowest BCUT2D eigenvalue weighted by Crippen LogP contribution is -2.48. The predicted molar refractivity (Wildman–Crippen MR) is 115 cm³/mol. The van der Waals surface area contributed by atoms with E-state index in [2.05, 4.69) is 25.0 Å². The first-order chi connectivity index (χ1) is 15.6. The molecule has 1 saturated heterocycles. The highest BCUT2D eigenvalue weighted by Crippen LogP contribution is 2.21. The first kappa shape index (κ1) is 20.5. The van der Waals surface area contributed by atoms with Crippen LogP contribution < -0.4 is 0 Å². The van der Waals surface area contributed by atoms with Gasteiger partial charge in [-0.3, -0.25) is 19.7 Å². The summed E-state index contributed by atoms with van der Waals surface area (Å²) in [4.78, 5) is 29.6. The molecule has 1 amide bonds. The molecule has 3 heterocycles. The third-order valence-corrected chi connectivity index (χ3v) is 5.61. The average molecular weight is 453 g/mol. The summed E-state index contributed by atoms with van der Waals surface area (Å²) in [6, 6.07) is 9.72. The van der Waals surface area contributed by atoms with Crippen LogP contribution in [-0.4, -0.2) is 62.0 Å². The average Bonchev–Trinajstić information content (AvgIpc) is 3.27. The van der Waals surface area contributed by atoms with Gasteiger partial charge in [0, 0.05) is 55.2 Å². The van der Waals surface area contributed by atoms with E-state index in [0.717, 1.165) is 5.56 Å². The van der Waals surface area contributed by atoms with E-state index < -0.39 is 5.82 Å². The minimum absolute atomic E-state index is 0.228. The maximum absolute atomic E-state index is 14.0. The molecule has 0 aliphatic carbocycles. The summed E-state index contributed by atoms with van der Waals surface area (Å²) in [7, 11) is 0. The Bertz CT molecular complexity index is 1270. The molecule has 32 heavy (non-hydrogen) atoms. The summed E-state index contributed by atoms with van der Waals surface area (Å²) in [5, 5.41) is 4.67. The lowest BCUT2D eigenvalue weighted by atomic mass is 10.1. The van der Waals surface area contributed by atoms with Crippen molar-refractivity contribution in [3.05, 3.63) is 71.1 Å². The Morgan fingerprint density at radius 2 is 1.81 bits per heavy atom. The van der Waals surface area contributed by atoms with Crippen molar-refractivity contribution in [3.8, 4) is 11.4 Å². The minimum atomic E-state index is -0.507. The molecule has 162 valence electrons. The number of fused-ring (bicyclic) bond motifs is 1. The lowest BCUT2D eigenvalue weighted by molar-refractivity contribution is 0.0616. The number of piperazine rings is 1. The molecule has 0 N–H and O–H groups in total. The molecule has 2 aromatic heterocycles. The zero-order chi connectivity index (χ0) is 22.1. The Labute approximate surface area is 187 Å². The van der Waals surface area contributed by atoms with Crippen molar-refractivity contribution >= 4 is 28.5 Å². The van der Waals surface area contributed by atoms with E-state index in [9.17, 15) is 9.18 Å². The zero-order valence-corrected chi connectivity index (χ0v) is 17.7. The third-order valence-electron chi connectivity index (χ3n) is 5.36. The second-order valence-corrected chi connectivity index (χ2v) is 7.90. The molecule has 0 radical (unpaired) electrons. The van der Waals surface area contributed by atoms with Crippen molar-refractivity contribution in [1.82, 2.24) is 29.9 Å². The molecule has 10 heteroatoms. The summed E-state index contributed by atoms with van der Waals surface area (Å²) in [5.74, 6) is 0.246. The van der Waals surface area contributed by atoms with Crippen molar-refractivity contribution in [1.29, 1.82) is 0 Å². The van der Waals surface area contributed by atoms with Crippen LogP contribution in [0.25, 0.3) is 22.4 Å². The Morgan fingerprint density at radius 3 is 2.59 bits per heavy atom. The minimum Gasteiger partial charge on any atom is -0.338 e. The number of aromatic nitrogens is 4. The summed E-state index contributed by atoms with van der Waals surface area (Å²) >= 11 is 5.92. The van der Waals surface area contributed by atoms with Gasteiger partial charge in [-0.05, 0) is 30.3 Å². The number of hydrogen-bond donors (Lipinski definition) is 0. The Kier molecular flexibility index (Phi) is 5.50. The fourth-order valence-electron chi connectivity index (χ4n) is 3.71. The van der Waals surface area contributed by atoms with Crippen LogP contribution in [0, 0.1) is 5.82 Å². The molecule has 0 spiro atoms. The molecule has 0 bridgehead atoms. The largest absolute Gasteiger partial charge is 0.338 e. The summed E-state index contributed by atoms with van der Waals surface area (Å²) < 4.78 is 19.4. The molecule has 2 aromatic carbocycles. The van der Waals surface area contributed by atoms with Crippen molar-refractivity contribution in [2.75, 3.05) is 26.2 Å². The summed E-state index contributed by atoms with van der Waals surface area (Å²) in [6.45, 7) is 2.73. The molecule has 1 aliphatic rings. The summed E-state index contributed by atoms with van der Waals surface area (Å²) in [6.07, 6.45) is 2.97. The van der Waals surface area contributed by atoms with Crippen molar-refractivity contribution in [2.45, 2.75) is 6.54 Å². The van der Waals surface area contributed by atoms with E-state index in [4.69, 9.17) is 16.1 Å². The van der Waals surface area contributed by atoms with Gasteiger partial charge in [0.15, 0.2) is 0 Å². The van der Waals surface area contributed by atoms with Crippen LogP contribution in [0.15, 0.2) is 53.3 Å². The molecule has 5 rings (SSSR count). The predicted octanol–water partition coefficient (Wildman–Crippen LogP) is 3.43. The normalized spacial score (nSPS) is 14.8. The van der Waals surface area contributed by atoms with Gasteiger partial charge in [-0.2, -0.15) is 4.98 Å². The van der Waals surface area contributed by atoms with E-state index in [1.807, 2.05) is 12.1 Å². The number of benzene rings is 2. The Balaban J connectivity index is 1.23. The van der Waals surface area contributed by atoms with Crippen LogP contribution in [0.5, 0.6) is 0 Å². The molecular weight excluding hydrogens is 435 g/mol. The molecule has 0 atom stereocenters. The lowest BCUT2D eigenvalue weighted by Gasteiger charge is -2.34. The van der Waals surface area contributed by atoms with Crippen LogP contribution in [0.1, 0.15) is 16.2 Å². The standard InChI is InChI=1S/C22H18ClFN6O2/c23-15-3-1-14(2-4-15)21-27-19(32-28-21)13-29-7-9-30(10-8-29)22(31)17-11-16(24)12-18-20(17)26-6-5-25-18/h1-6,11-12H,7-10,13H2. The molecule has 1 aliphatic heterocycles. The van der Waals surface area contributed by atoms with Crippen molar-refractivity contribution in [2.24, 2.45) is 0 Å². The maximum atomic E-state index is 14.0. The topological polar surface area (TPSA) is 88.3 Å². The van der Waals surface area contributed by atoms with Crippen molar-refractivity contribution in [3.63, 3.8) is 0 Å². The van der Waals surface area contributed by atoms with Gasteiger partial charge in [0.25, 0.3) is 5.91 Å². The van der Waals surface area contributed by atoms with Crippen molar-refractivity contribution < 1.29 is 13.7 Å². The number of carbonyl (C=O) groups is 1. The first-order valence-electron chi connectivity index (χ1n) is 10.1. The molecular formula is C22H18ClFN6O2. The summed E-state index contributed by atoms with van der Waals surface area (Å²) in [5.41, 5.74) is 1.82. The maximum Gasteiger partial charge on any atom is 0.256 e. The smallest absolute Gasteiger partial charge is 0.256 e. The molecule has 0 unspecified atom stereocenters. The number of hydrogen-bond acceptors (Lipinski definition) is 7. The van der Waals surface area contributed by atoms with Crippen LogP contribution >= 0.6 is 11.6 Å². The fourth-order valence-corrected chi connectivity index (χ4v) is 3.84. The molecule has 8 nitrogen and oxygen atoms in total. The van der Waals surface area contributed by atoms with Gasteiger partial charge in [0.05, 0.1) is 17.6 Å². The third kappa shape index (κ3) is 4.17. The number of amides is 1. The second kappa shape index (κ2) is 8.60. The van der Waals surface area contributed by atoms with Crippen LogP contribution in [-0.2, 0) is 6.54 Å². The molecule has 1 fully saturated rings. The number of halogens is 2. The monoisotopic (exact) mass is 452 g/mol. The van der Waals surface area contributed by atoms with Crippen LogP contribution in [0.2, 0.25) is 5.02 Å². The van der Waals surface area contributed by atoms with Gasteiger partial charge < -0.3 is 9.42 Å². The van der Waals surface area contributed by atoms with E-state index in [1.54, 1.807) is 17.0 Å². The van der Waals surface area contributed by atoms with Gasteiger partial charge in [-0.1, -0.05) is 16.8 Å². The molecule has 4 aromatic rings. The highest BCUT2D eigenvalue weighted by molar-refractivity contribution is 6.30. The van der Waals surface area contributed by atoms with E-state index in [-0.39, 0.29) is 11.5 Å². The number of rotatable bonds is 4. The fraction of sp³-hybridized carbons (Fsp3) is 0.227. The van der Waals surface area contributed by atoms with Crippen LogP contribution in [0.4, 0.5) is 4.39 Å². The second-order valence-electron chi connectivity index (χ2n) is 7.46. The first-order valence-corrected chi connectivity index (χ1v) is 10.4. The zero-order valence-electron chi connectivity index (χ0n) is 16.9. The van der Waals surface area contributed by atoms with Gasteiger partial charge >= 0.3 is 0 Å². The number of nitrogens with zero attached hydrogens (tertiary/aromatic N) is 6. The highest BCUT2D eigenvalue weighted by Gasteiger charge is 2.25. The molecule has 0 saturated carbocycles. The highest BCUT2D eigenvalue weighted by atomic mass is 35.5.